The van der Waals surface area contributed by atoms with Gasteiger partial charge in [-0.05, 0) is 35.4 Å². The van der Waals surface area contributed by atoms with E-state index in [2.05, 4.69) is 9.98 Å². The van der Waals surface area contributed by atoms with Crippen LogP contribution in [0.2, 0.25) is 0 Å². The molecule has 0 radical (unpaired) electrons. The van der Waals surface area contributed by atoms with Crippen LogP contribution < -0.4 is 5.73 Å². The minimum Gasteiger partial charge on any atom is -0.369 e. The molecule has 31 heavy (non-hydrogen) atoms. The van der Waals surface area contributed by atoms with Crippen LogP contribution in [0, 0.1) is 5.95 Å². The lowest BCUT2D eigenvalue weighted by molar-refractivity contribution is -0.129. The summed E-state index contributed by atoms with van der Waals surface area (Å²) < 4.78 is 16.0. The summed E-state index contributed by atoms with van der Waals surface area (Å²) in [6, 6.07) is 11.9. The number of likely N-dealkylation sites (N-methyl/N-ethyl adjacent to an activating group) is 1. The highest BCUT2D eigenvalue weighted by molar-refractivity contribution is 6.09. The molecule has 7 nitrogen and oxygen atoms in total. The summed E-state index contributed by atoms with van der Waals surface area (Å²) >= 11 is 0. The Hall–Kier alpha value is -3.81. The van der Waals surface area contributed by atoms with Gasteiger partial charge in [0.15, 0.2) is 17.3 Å². The van der Waals surface area contributed by atoms with Crippen molar-refractivity contribution in [3.8, 4) is 11.1 Å². The first-order chi connectivity index (χ1) is 14.8. The van der Waals surface area contributed by atoms with E-state index in [0.717, 1.165) is 0 Å². The average molecular weight is 419 g/mol. The predicted molar refractivity (Wildman–Crippen MR) is 115 cm³/mol. The summed E-state index contributed by atoms with van der Waals surface area (Å²) in [5.41, 5.74) is 6.94. The molecule has 8 heteroatoms. The molecule has 0 unspecified atom stereocenters. The van der Waals surface area contributed by atoms with Crippen molar-refractivity contribution in [2.45, 2.75) is 18.9 Å². The van der Waals surface area contributed by atoms with Crippen molar-refractivity contribution in [1.29, 1.82) is 0 Å². The highest BCUT2D eigenvalue weighted by atomic mass is 19.1. The van der Waals surface area contributed by atoms with Gasteiger partial charge >= 0.3 is 0 Å². The Labute approximate surface area is 179 Å². The van der Waals surface area contributed by atoms with Gasteiger partial charge in [-0.1, -0.05) is 25.1 Å². The van der Waals surface area contributed by atoms with E-state index in [0.29, 0.717) is 34.4 Å². The zero-order valence-corrected chi connectivity index (χ0v) is 17.5. The van der Waals surface area contributed by atoms with Crippen LogP contribution in [-0.2, 0) is 17.4 Å². The van der Waals surface area contributed by atoms with Crippen molar-refractivity contribution in [1.82, 2.24) is 14.5 Å². The smallest absolute Gasteiger partial charge is 0.266 e. The molecular weight excluding hydrogens is 397 g/mol. The van der Waals surface area contributed by atoms with Gasteiger partial charge in [-0.2, -0.15) is 4.39 Å². The van der Waals surface area contributed by atoms with E-state index in [1.165, 1.54) is 11.1 Å². The normalized spacial score (nSPS) is 18.4. The van der Waals surface area contributed by atoms with Crippen LogP contribution in [0.3, 0.4) is 0 Å². The maximum Gasteiger partial charge on any atom is 0.266 e. The molecule has 1 amide bonds. The monoisotopic (exact) mass is 419 g/mol. The number of benzene rings is 1. The Bertz CT molecular complexity index is 1230. The fourth-order valence-corrected chi connectivity index (χ4v) is 3.92. The number of pyridine rings is 1. The molecule has 2 aromatic heterocycles. The van der Waals surface area contributed by atoms with Crippen molar-refractivity contribution < 1.29 is 14.0 Å². The Kier molecular flexibility index (Phi) is 4.93. The number of carbonyl (C=O) groups excluding carboxylic acids is 2. The molecule has 0 aliphatic carbocycles. The van der Waals surface area contributed by atoms with Crippen molar-refractivity contribution in [2.75, 3.05) is 7.05 Å². The number of aryl methyl sites for hydroxylation is 1. The number of guanidine groups is 1. The molecule has 0 saturated heterocycles. The second-order valence-corrected chi connectivity index (χ2v) is 7.47. The minimum absolute atomic E-state index is 0.0502. The number of halogens is 1. The quantitative estimate of drug-likeness (QED) is 0.508. The number of hydrogen-bond acceptors (Lipinski definition) is 5. The Balaban J connectivity index is 1.95. The summed E-state index contributed by atoms with van der Waals surface area (Å²) in [6.07, 6.45) is 3.42. The van der Waals surface area contributed by atoms with Crippen LogP contribution >= 0.6 is 0 Å². The van der Waals surface area contributed by atoms with E-state index in [1.807, 2.05) is 0 Å². The molecule has 4 rings (SSSR count). The zero-order valence-electron chi connectivity index (χ0n) is 17.5. The summed E-state index contributed by atoms with van der Waals surface area (Å²) in [5.74, 6) is -0.946. The molecule has 2 N–H and O–H groups in total. The molecule has 1 aliphatic rings. The molecule has 0 saturated carbocycles. The molecule has 1 aromatic carbocycles. The lowest BCUT2D eigenvalue weighted by atomic mass is 9.83. The van der Waals surface area contributed by atoms with Gasteiger partial charge in [0, 0.05) is 44.0 Å². The second-order valence-electron chi connectivity index (χ2n) is 7.47. The zero-order chi connectivity index (χ0) is 22.3. The van der Waals surface area contributed by atoms with E-state index >= 15 is 0 Å². The van der Waals surface area contributed by atoms with Crippen LogP contribution in [0.15, 0.2) is 59.9 Å². The fourth-order valence-electron chi connectivity index (χ4n) is 3.92. The molecule has 158 valence electrons. The molecule has 0 bridgehead atoms. The van der Waals surface area contributed by atoms with E-state index < -0.39 is 11.5 Å². The number of amides is 1. The number of ketones is 1. The second kappa shape index (κ2) is 7.46. The van der Waals surface area contributed by atoms with Gasteiger partial charge in [0.2, 0.25) is 5.95 Å². The van der Waals surface area contributed by atoms with Gasteiger partial charge in [0.25, 0.3) is 5.91 Å². The molecule has 1 aliphatic heterocycles. The average Bonchev–Trinajstić information content (AvgIpc) is 3.27. The SMILES string of the molecule is CCC(=O)c1cc([C@]2(c3cccc(-c4cccnc4F)c3)N=C(N)N(C)C2=O)cn1C. The van der Waals surface area contributed by atoms with Gasteiger partial charge in [-0.15, -0.1) is 0 Å². The van der Waals surface area contributed by atoms with E-state index in [-0.39, 0.29) is 17.6 Å². The Morgan fingerprint density at radius 3 is 2.58 bits per heavy atom. The van der Waals surface area contributed by atoms with Gasteiger partial charge < -0.3 is 10.3 Å². The fraction of sp³-hybridized carbons (Fsp3) is 0.217. The lowest BCUT2D eigenvalue weighted by Crippen LogP contribution is -2.41. The number of Topliss-reactive ketones (excluding diaryl/α,β-unsaturated/α-hetero) is 1. The number of nitrogens with zero attached hydrogens (tertiary/aromatic N) is 4. The first-order valence-corrected chi connectivity index (χ1v) is 9.84. The van der Waals surface area contributed by atoms with Crippen molar-refractivity contribution in [2.24, 2.45) is 17.8 Å². The molecule has 3 heterocycles. The first kappa shape index (κ1) is 20.5. The topological polar surface area (TPSA) is 93.6 Å². The molecule has 0 spiro atoms. The largest absolute Gasteiger partial charge is 0.369 e. The van der Waals surface area contributed by atoms with Crippen molar-refractivity contribution in [3.63, 3.8) is 0 Å². The third-order valence-corrected chi connectivity index (χ3v) is 5.62. The van der Waals surface area contributed by atoms with Gasteiger partial charge in [-0.3, -0.25) is 14.5 Å². The number of aromatic nitrogens is 2. The maximum atomic E-state index is 14.3. The van der Waals surface area contributed by atoms with Gasteiger partial charge in [0.05, 0.1) is 5.69 Å². The van der Waals surface area contributed by atoms with E-state index in [4.69, 9.17) is 5.73 Å². The summed E-state index contributed by atoms with van der Waals surface area (Å²) in [7, 11) is 3.30. The number of carbonyl (C=O) groups is 2. The third kappa shape index (κ3) is 3.11. The molecular formula is C23H22FN5O2. The molecule has 1 atom stereocenters. The van der Waals surface area contributed by atoms with Gasteiger partial charge in [0.1, 0.15) is 0 Å². The number of nitrogens with two attached hydrogens (primary N) is 1. The van der Waals surface area contributed by atoms with Crippen molar-refractivity contribution in [3.05, 3.63) is 77.6 Å². The highest BCUT2D eigenvalue weighted by Gasteiger charge is 2.50. The standard InChI is InChI=1S/C23H22FN5O2/c1-4-19(30)18-12-16(13-28(18)2)23(21(31)29(3)22(25)27-23)15-8-5-7-14(11-15)17-9-6-10-26-20(17)24/h5-13H,4H2,1-3H3,(H2,25,27)/t23-/m0/s1. The molecule has 0 fully saturated rings. The van der Waals surface area contributed by atoms with Crippen LogP contribution in [0.25, 0.3) is 11.1 Å². The lowest BCUT2D eigenvalue weighted by Gasteiger charge is -2.25. The van der Waals surface area contributed by atoms with E-state index in [9.17, 15) is 14.0 Å². The number of hydrogen-bond donors (Lipinski definition) is 1. The minimum atomic E-state index is -1.47. The summed E-state index contributed by atoms with van der Waals surface area (Å²) in [5, 5.41) is 0. The van der Waals surface area contributed by atoms with Gasteiger partial charge in [-0.25, -0.2) is 9.98 Å². The molecule has 3 aromatic rings. The van der Waals surface area contributed by atoms with Crippen molar-refractivity contribution >= 4 is 17.6 Å². The first-order valence-electron chi connectivity index (χ1n) is 9.84. The summed E-state index contributed by atoms with van der Waals surface area (Å²) in [4.78, 5) is 35.4. The van der Waals surface area contributed by atoms with Crippen LogP contribution in [0.1, 0.15) is 35.0 Å². The summed E-state index contributed by atoms with van der Waals surface area (Å²) in [6.45, 7) is 1.78. The Morgan fingerprint density at radius 1 is 1.16 bits per heavy atom. The predicted octanol–water partition coefficient (Wildman–Crippen LogP) is 2.85. The number of rotatable bonds is 5. The Morgan fingerprint density at radius 2 is 1.94 bits per heavy atom. The van der Waals surface area contributed by atoms with Crippen LogP contribution in [0.4, 0.5) is 4.39 Å². The maximum absolute atomic E-state index is 14.3. The van der Waals surface area contributed by atoms with E-state index in [1.54, 1.807) is 74.2 Å². The highest BCUT2D eigenvalue weighted by Crippen LogP contribution is 2.41. The number of aliphatic imine (C=N–C) groups is 1. The van der Waals surface area contributed by atoms with Crippen LogP contribution in [-0.4, -0.2) is 39.1 Å². The third-order valence-electron chi connectivity index (χ3n) is 5.62. The van der Waals surface area contributed by atoms with Crippen LogP contribution in [0.5, 0.6) is 0 Å².